The van der Waals surface area contributed by atoms with Crippen molar-refractivity contribution in [2.24, 2.45) is 5.73 Å². The number of hydrogen-bond donors (Lipinski definition) is 2. The quantitative estimate of drug-likeness (QED) is 0.546. The minimum absolute atomic E-state index is 0.210. The van der Waals surface area contributed by atoms with Crippen molar-refractivity contribution in [1.82, 2.24) is 5.48 Å². The molecule has 3 heteroatoms. The van der Waals surface area contributed by atoms with Crippen molar-refractivity contribution < 1.29 is 4.84 Å². The van der Waals surface area contributed by atoms with Gasteiger partial charge < -0.3 is 5.73 Å². The molecule has 0 aliphatic heterocycles. The van der Waals surface area contributed by atoms with Crippen LogP contribution in [0.25, 0.3) is 0 Å². The molecule has 21 heavy (non-hydrogen) atoms. The van der Waals surface area contributed by atoms with Crippen molar-refractivity contribution in [3.05, 3.63) is 71.8 Å². The maximum absolute atomic E-state index is 5.69. The van der Waals surface area contributed by atoms with Crippen LogP contribution >= 0.6 is 0 Å². The predicted molar refractivity (Wildman–Crippen MR) is 86.5 cm³/mol. The van der Waals surface area contributed by atoms with Crippen LogP contribution in [0.4, 0.5) is 0 Å². The Morgan fingerprint density at radius 1 is 0.905 bits per heavy atom. The zero-order chi connectivity index (χ0) is 14.8. The number of nitrogens with two attached hydrogens (primary N) is 1. The fourth-order valence-corrected chi connectivity index (χ4v) is 2.27. The number of hydrogen-bond acceptors (Lipinski definition) is 3. The Balaban J connectivity index is 1.86. The number of rotatable bonds is 9. The maximum atomic E-state index is 5.69. The van der Waals surface area contributed by atoms with E-state index in [2.05, 4.69) is 41.9 Å². The number of hydroxylamine groups is 1. The fraction of sp³-hybridized carbons (Fsp3) is 0.333. The van der Waals surface area contributed by atoms with Gasteiger partial charge in [-0.25, -0.2) is 0 Å². The molecule has 1 atom stereocenters. The standard InChI is InChI=1S/C18H24N2O/c19-14-8-7-13-18(17-11-5-2-6-12-17)20-21-15-16-9-3-1-4-10-16/h1-6,9-12,18,20H,7-8,13-15,19H2. The Hall–Kier alpha value is -1.68. The lowest BCUT2D eigenvalue weighted by Gasteiger charge is -2.19. The van der Waals surface area contributed by atoms with Crippen molar-refractivity contribution in [3.8, 4) is 0 Å². The van der Waals surface area contributed by atoms with E-state index >= 15 is 0 Å². The molecule has 0 saturated carbocycles. The van der Waals surface area contributed by atoms with Crippen LogP contribution in [0.3, 0.4) is 0 Å². The third kappa shape index (κ3) is 5.68. The molecule has 0 amide bonds. The lowest BCUT2D eigenvalue weighted by molar-refractivity contribution is 0.000482. The van der Waals surface area contributed by atoms with Gasteiger partial charge >= 0.3 is 0 Å². The summed E-state index contributed by atoms with van der Waals surface area (Å²) in [5.41, 5.74) is 11.2. The van der Waals surface area contributed by atoms with Gasteiger partial charge in [0.15, 0.2) is 0 Å². The van der Waals surface area contributed by atoms with Gasteiger partial charge in [0.05, 0.1) is 12.6 Å². The van der Waals surface area contributed by atoms with Gasteiger partial charge in [-0.2, -0.15) is 5.48 Å². The maximum Gasteiger partial charge on any atom is 0.0933 e. The van der Waals surface area contributed by atoms with Crippen LogP contribution < -0.4 is 11.2 Å². The summed E-state index contributed by atoms with van der Waals surface area (Å²) >= 11 is 0. The third-order valence-corrected chi connectivity index (χ3v) is 3.46. The summed E-state index contributed by atoms with van der Waals surface area (Å²) in [6.07, 6.45) is 3.16. The van der Waals surface area contributed by atoms with E-state index in [9.17, 15) is 0 Å². The fourth-order valence-electron chi connectivity index (χ4n) is 2.27. The van der Waals surface area contributed by atoms with E-state index < -0.39 is 0 Å². The van der Waals surface area contributed by atoms with E-state index in [1.54, 1.807) is 0 Å². The number of nitrogens with one attached hydrogen (secondary N) is 1. The molecule has 0 spiro atoms. The first-order valence-corrected chi connectivity index (χ1v) is 7.56. The molecule has 1 unspecified atom stereocenters. The van der Waals surface area contributed by atoms with E-state index in [1.165, 1.54) is 11.1 Å². The molecule has 0 bridgehead atoms. The first-order valence-electron chi connectivity index (χ1n) is 7.56. The highest BCUT2D eigenvalue weighted by atomic mass is 16.6. The molecule has 0 radical (unpaired) electrons. The molecule has 3 N–H and O–H groups in total. The zero-order valence-electron chi connectivity index (χ0n) is 12.4. The monoisotopic (exact) mass is 284 g/mol. The Labute approximate surface area is 127 Å². The third-order valence-electron chi connectivity index (χ3n) is 3.46. The normalized spacial score (nSPS) is 12.2. The summed E-state index contributed by atoms with van der Waals surface area (Å²) in [5.74, 6) is 0. The molecule has 2 rings (SSSR count). The molecular formula is C18H24N2O. The SMILES string of the molecule is NCCCCC(NOCc1ccccc1)c1ccccc1. The number of unbranched alkanes of at least 4 members (excludes halogenated alkanes) is 1. The van der Waals surface area contributed by atoms with Gasteiger partial charge in [-0.1, -0.05) is 67.1 Å². The molecule has 112 valence electrons. The van der Waals surface area contributed by atoms with Gasteiger partial charge in [-0.3, -0.25) is 4.84 Å². The van der Waals surface area contributed by atoms with Crippen LogP contribution in [0, 0.1) is 0 Å². The predicted octanol–water partition coefficient (Wildman–Crippen LogP) is 3.58. The van der Waals surface area contributed by atoms with Gasteiger partial charge in [0.25, 0.3) is 0 Å². The van der Waals surface area contributed by atoms with Crippen LogP contribution in [0.5, 0.6) is 0 Å². The summed E-state index contributed by atoms with van der Waals surface area (Å²) in [6.45, 7) is 1.31. The summed E-state index contributed by atoms with van der Waals surface area (Å²) in [4.78, 5) is 5.69. The Bertz CT molecular complexity index is 487. The molecule has 0 fully saturated rings. The highest BCUT2D eigenvalue weighted by molar-refractivity contribution is 5.18. The van der Waals surface area contributed by atoms with Gasteiger partial charge in [-0.05, 0) is 30.5 Å². The first kappa shape index (κ1) is 15.7. The average molecular weight is 284 g/mol. The van der Waals surface area contributed by atoms with Crippen molar-refractivity contribution in [2.75, 3.05) is 6.54 Å². The summed E-state index contributed by atoms with van der Waals surface area (Å²) in [5, 5.41) is 0. The van der Waals surface area contributed by atoms with Crippen molar-refractivity contribution >= 4 is 0 Å². The van der Waals surface area contributed by atoms with E-state index in [4.69, 9.17) is 10.6 Å². The Morgan fingerprint density at radius 3 is 2.24 bits per heavy atom. The minimum Gasteiger partial charge on any atom is -0.330 e. The van der Waals surface area contributed by atoms with E-state index in [0.29, 0.717) is 6.61 Å². The average Bonchev–Trinajstić information content (AvgIpc) is 2.55. The second kappa shape index (κ2) is 9.29. The summed E-state index contributed by atoms with van der Waals surface area (Å²) < 4.78 is 0. The van der Waals surface area contributed by atoms with Gasteiger partial charge in [-0.15, -0.1) is 0 Å². The summed E-state index contributed by atoms with van der Waals surface area (Å²) in [6, 6.07) is 20.8. The van der Waals surface area contributed by atoms with Crippen LogP contribution in [0.2, 0.25) is 0 Å². The first-order chi connectivity index (χ1) is 10.4. The van der Waals surface area contributed by atoms with Crippen molar-refractivity contribution in [3.63, 3.8) is 0 Å². The van der Waals surface area contributed by atoms with Gasteiger partial charge in [0.1, 0.15) is 0 Å². The minimum atomic E-state index is 0.210. The van der Waals surface area contributed by atoms with Crippen molar-refractivity contribution in [1.29, 1.82) is 0 Å². The zero-order valence-corrected chi connectivity index (χ0v) is 12.4. The molecule has 0 aliphatic rings. The van der Waals surface area contributed by atoms with Crippen LogP contribution in [-0.4, -0.2) is 6.54 Å². The molecule has 0 aromatic heterocycles. The molecule has 2 aromatic carbocycles. The van der Waals surface area contributed by atoms with E-state index in [0.717, 1.165) is 25.8 Å². The van der Waals surface area contributed by atoms with Crippen LogP contribution in [-0.2, 0) is 11.4 Å². The second-order valence-corrected chi connectivity index (χ2v) is 5.14. The molecular weight excluding hydrogens is 260 g/mol. The molecule has 2 aromatic rings. The van der Waals surface area contributed by atoms with Gasteiger partial charge in [0, 0.05) is 0 Å². The molecule has 0 heterocycles. The van der Waals surface area contributed by atoms with E-state index in [-0.39, 0.29) is 6.04 Å². The lowest BCUT2D eigenvalue weighted by atomic mass is 10.0. The topological polar surface area (TPSA) is 47.3 Å². The van der Waals surface area contributed by atoms with Gasteiger partial charge in [0.2, 0.25) is 0 Å². The van der Waals surface area contributed by atoms with Crippen LogP contribution in [0.15, 0.2) is 60.7 Å². The molecule has 0 saturated heterocycles. The molecule has 0 aliphatic carbocycles. The second-order valence-electron chi connectivity index (χ2n) is 5.14. The highest BCUT2D eigenvalue weighted by Crippen LogP contribution is 2.19. The largest absolute Gasteiger partial charge is 0.330 e. The van der Waals surface area contributed by atoms with Crippen molar-refractivity contribution in [2.45, 2.75) is 31.9 Å². The number of benzene rings is 2. The molecule has 3 nitrogen and oxygen atoms in total. The van der Waals surface area contributed by atoms with Crippen LogP contribution in [0.1, 0.15) is 36.4 Å². The Kier molecular flexibility index (Phi) is 6.95. The van der Waals surface area contributed by atoms with E-state index in [1.807, 2.05) is 24.3 Å². The summed E-state index contributed by atoms with van der Waals surface area (Å²) in [7, 11) is 0. The smallest absolute Gasteiger partial charge is 0.0933 e. The Morgan fingerprint density at radius 2 is 1.57 bits per heavy atom. The lowest BCUT2D eigenvalue weighted by Crippen LogP contribution is -2.22. The highest BCUT2D eigenvalue weighted by Gasteiger charge is 2.10.